The van der Waals surface area contributed by atoms with Gasteiger partial charge in [-0.1, -0.05) is 6.92 Å². The third-order valence-corrected chi connectivity index (χ3v) is 3.78. The number of rotatable bonds is 5. The molecule has 1 aromatic rings. The van der Waals surface area contributed by atoms with E-state index in [1.54, 1.807) is 11.3 Å². The lowest BCUT2D eigenvalue weighted by atomic mass is 10.3. The van der Waals surface area contributed by atoms with Gasteiger partial charge in [0.15, 0.2) is 0 Å². The standard InChI is InChI=1S/C11H15NO2S/c1-7-4-10(7)12-6-9-3-2-8(15-9)5-11(13)14/h2-3,7,10,12H,4-6H2,1H3,(H,13,14). The number of aliphatic carboxylic acids is 1. The monoisotopic (exact) mass is 225 g/mol. The van der Waals surface area contributed by atoms with Crippen molar-refractivity contribution in [1.29, 1.82) is 0 Å². The normalized spacial score (nSPS) is 24.1. The van der Waals surface area contributed by atoms with Crippen LogP contribution >= 0.6 is 11.3 Å². The van der Waals surface area contributed by atoms with Crippen molar-refractivity contribution in [2.45, 2.75) is 32.4 Å². The molecule has 1 fully saturated rings. The van der Waals surface area contributed by atoms with Crippen molar-refractivity contribution in [1.82, 2.24) is 5.32 Å². The van der Waals surface area contributed by atoms with E-state index in [1.807, 2.05) is 12.1 Å². The molecule has 2 atom stereocenters. The SMILES string of the molecule is CC1CC1NCc1ccc(CC(=O)O)s1. The molecule has 0 radical (unpaired) electrons. The molecule has 0 aromatic carbocycles. The maximum absolute atomic E-state index is 10.5. The highest BCUT2D eigenvalue weighted by Gasteiger charge is 2.31. The highest BCUT2D eigenvalue weighted by molar-refractivity contribution is 7.12. The molecule has 82 valence electrons. The van der Waals surface area contributed by atoms with Crippen molar-refractivity contribution in [2.75, 3.05) is 0 Å². The van der Waals surface area contributed by atoms with Gasteiger partial charge in [-0.05, 0) is 24.5 Å². The molecule has 4 heteroatoms. The number of hydrogen-bond donors (Lipinski definition) is 2. The van der Waals surface area contributed by atoms with Gasteiger partial charge in [0.05, 0.1) is 6.42 Å². The Hall–Kier alpha value is -0.870. The van der Waals surface area contributed by atoms with Crippen LogP contribution in [0.4, 0.5) is 0 Å². The van der Waals surface area contributed by atoms with Crippen molar-refractivity contribution in [3.8, 4) is 0 Å². The summed E-state index contributed by atoms with van der Waals surface area (Å²) in [6, 6.07) is 4.60. The predicted octanol–water partition coefficient (Wildman–Crippen LogP) is 1.87. The predicted molar refractivity (Wildman–Crippen MR) is 60.1 cm³/mol. The van der Waals surface area contributed by atoms with Crippen molar-refractivity contribution < 1.29 is 9.90 Å². The van der Waals surface area contributed by atoms with Crippen LogP contribution in [0.5, 0.6) is 0 Å². The van der Waals surface area contributed by atoms with Gasteiger partial charge in [0.2, 0.25) is 0 Å². The van der Waals surface area contributed by atoms with Gasteiger partial charge in [-0.25, -0.2) is 0 Å². The summed E-state index contributed by atoms with van der Waals surface area (Å²) in [6.07, 6.45) is 1.41. The van der Waals surface area contributed by atoms with Crippen molar-refractivity contribution in [2.24, 2.45) is 5.92 Å². The largest absolute Gasteiger partial charge is 0.481 e. The maximum atomic E-state index is 10.5. The fourth-order valence-electron chi connectivity index (χ4n) is 1.60. The smallest absolute Gasteiger partial charge is 0.308 e. The van der Waals surface area contributed by atoms with Gasteiger partial charge < -0.3 is 10.4 Å². The molecular weight excluding hydrogens is 210 g/mol. The van der Waals surface area contributed by atoms with Gasteiger partial charge in [0, 0.05) is 22.3 Å². The number of thiophene rings is 1. The first kappa shape index (κ1) is 10.6. The molecule has 2 rings (SSSR count). The summed E-state index contributed by atoms with van der Waals surface area (Å²) in [4.78, 5) is 12.6. The molecule has 1 heterocycles. The Labute approximate surface area is 93.1 Å². The number of nitrogens with one attached hydrogen (secondary N) is 1. The first-order valence-corrected chi connectivity index (χ1v) is 5.99. The summed E-state index contributed by atoms with van der Waals surface area (Å²) >= 11 is 1.59. The average molecular weight is 225 g/mol. The van der Waals surface area contributed by atoms with Crippen LogP contribution in [0.3, 0.4) is 0 Å². The Kier molecular flexibility index (Phi) is 3.07. The van der Waals surface area contributed by atoms with Gasteiger partial charge in [0.25, 0.3) is 0 Å². The molecule has 0 bridgehead atoms. The van der Waals surface area contributed by atoms with Crippen molar-refractivity contribution >= 4 is 17.3 Å². The Balaban J connectivity index is 1.81. The average Bonchev–Trinajstić information content (AvgIpc) is 2.68. The first-order chi connectivity index (χ1) is 7.15. The van der Waals surface area contributed by atoms with Crippen LogP contribution in [0.25, 0.3) is 0 Å². The fourth-order valence-corrected chi connectivity index (χ4v) is 2.56. The van der Waals surface area contributed by atoms with Crippen LogP contribution < -0.4 is 5.32 Å². The van der Waals surface area contributed by atoms with Crippen LogP contribution in [0.1, 0.15) is 23.1 Å². The van der Waals surface area contributed by atoms with E-state index in [1.165, 1.54) is 11.3 Å². The molecule has 1 aromatic heterocycles. The fraction of sp³-hybridized carbons (Fsp3) is 0.545. The minimum atomic E-state index is -0.757. The van der Waals surface area contributed by atoms with E-state index in [-0.39, 0.29) is 6.42 Å². The van der Waals surface area contributed by atoms with Crippen LogP contribution in [0.15, 0.2) is 12.1 Å². The van der Waals surface area contributed by atoms with E-state index in [0.29, 0.717) is 6.04 Å². The molecule has 0 saturated heterocycles. The second-order valence-corrected chi connectivity index (χ2v) is 5.39. The van der Waals surface area contributed by atoms with Gasteiger partial charge >= 0.3 is 5.97 Å². The zero-order valence-corrected chi connectivity index (χ0v) is 9.51. The lowest BCUT2D eigenvalue weighted by Gasteiger charge is -1.99. The van der Waals surface area contributed by atoms with Gasteiger partial charge in [-0.15, -0.1) is 11.3 Å². The summed E-state index contributed by atoms with van der Waals surface area (Å²) in [7, 11) is 0. The first-order valence-electron chi connectivity index (χ1n) is 5.18. The highest BCUT2D eigenvalue weighted by atomic mass is 32.1. The molecule has 1 aliphatic carbocycles. The number of hydrogen-bond acceptors (Lipinski definition) is 3. The maximum Gasteiger partial charge on any atom is 0.308 e. The molecule has 2 N–H and O–H groups in total. The molecule has 0 aliphatic heterocycles. The number of carboxylic acid groups (broad SMARTS) is 1. The second-order valence-electron chi connectivity index (χ2n) is 4.14. The third kappa shape index (κ3) is 3.04. The Morgan fingerprint density at radius 1 is 1.60 bits per heavy atom. The Morgan fingerprint density at radius 2 is 2.27 bits per heavy atom. The van der Waals surface area contributed by atoms with Crippen LogP contribution in [-0.4, -0.2) is 17.1 Å². The Morgan fingerprint density at radius 3 is 2.87 bits per heavy atom. The molecule has 1 aliphatic rings. The number of carbonyl (C=O) groups is 1. The van der Waals surface area contributed by atoms with Crippen molar-refractivity contribution in [3.05, 3.63) is 21.9 Å². The molecular formula is C11H15NO2S. The zero-order chi connectivity index (χ0) is 10.8. The van der Waals surface area contributed by atoms with E-state index >= 15 is 0 Å². The summed E-state index contributed by atoms with van der Waals surface area (Å²) in [6.45, 7) is 3.11. The molecule has 2 unspecified atom stereocenters. The van der Waals surface area contributed by atoms with Crippen LogP contribution in [0, 0.1) is 5.92 Å². The van der Waals surface area contributed by atoms with Gasteiger partial charge in [-0.2, -0.15) is 0 Å². The van der Waals surface area contributed by atoms with Crippen molar-refractivity contribution in [3.63, 3.8) is 0 Å². The topological polar surface area (TPSA) is 49.3 Å². The van der Waals surface area contributed by atoms with E-state index in [2.05, 4.69) is 12.2 Å². The lowest BCUT2D eigenvalue weighted by molar-refractivity contribution is -0.136. The molecule has 15 heavy (non-hydrogen) atoms. The molecule has 0 amide bonds. The van der Waals surface area contributed by atoms with Gasteiger partial charge in [0.1, 0.15) is 0 Å². The van der Waals surface area contributed by atoms with E-state index in [9.17, 15) is 4.79 Å². The highest BCUT2D eigenvalue weighted by Crippen LogP contribution is 2.29. The van der Waals surface area contributed by atoms with E-state index in [0.717, 1.165) is 17.3 Å². The molecule has 0 spiro atoms. The molecule has 3 nitrogen and oxygen atoms in total. The van der Waals surface area contributed by atoms with E-state index < -0.39 is 5.97 Å². The third-order valence-electron chi connectivity index (χ3n) is 2.69. The van der Waals surface area contributed by atoms with Crippen LogP contribution in [0.2, 0.25) is 0 Å². The lowest BCUT2D eigenvalue weighted by Crippen LogP contribution is -2.16. The zero-order valence-electron chi connectivity index (χ0n) is 8.69. The summed E-state index contributed by atoms with van der Waals surface area (Å²) < 4.78 is 0. The van der Waals surface area contributed by atoms with Crippen LogP contribution in [-0.2, 0) is 17.8 Å². The second kappa shape index (κ2) is 4.33. The summed E-state index contributed by atoms with van der Waals surface area (Å²) in [5.74, 6) is 0.0515. The number of carboxylic acids is 1. The molecule has 1 saturated carbocycles. The summed E-state index contributed by atoms with van der Waals surface area (Å²) in [5, 5.41) is 12.1. The Bertz CT molecular complexity index is 361. The van der Waals surface area contributed by atoms with E-state index in [4.69, 9.17) is 5.11 Å². The minimum Gasteiger partial charge on any atom is -0.481 e. The van der Waals surface area contributed by atoms with Gasteiger partial charge in [-0.3, -0.25) is 4.79 Å². The quantitative estimate of drug-likeness (QED) is 0.804. The summed E-state index contributed by atoms with van der Waals surface area (Å²) in [5.41, 5.74) is 0. The minimum absolute atomic E-state index is 0.143.